The van der Waals surface area contributed by atoms with Crippen LogP contribution in [0, 0.1) is 0 Å². The summed E-state index contributed by atoms with van der Waals surface area (Å²) in [6, 6.07) is 13.5. The van der Waals surface area contributed by atoms with Gasteiger partial charge in [0.25, 0.3) is 0 Å². The molecule has 1 aromatic heterocycles. The Bertz CT molecular complexity index is 673. The minimum absolute atomic E-state index is 0.00222. The molecule has 3 rings (SSSR count). The van der Waals surface area contributed by atoms with Crippen molar-refractivity contribution in [3.05, 3.63) is 58.7 Å². The van der Waals surface area contributed by atoms with E-state index in [2.05, 4.69) is 31.2 Å². The molecule has 1 amide bonds. The number of benzene rings is 1. The molecule has 106 valence electrons. The second-order valence-corrected chi connectivity index (χ2v) is 6.64. The first kappa shape index (κ1) is 14.3. The van der Waals surface area contributed by atoms with Crippen molar-refractivity contribution in [1.29, 1.82) is 0 Å². The quantitative estimate of drug-likeness (QED) is 0.912. The predicted molar refractivity (Wildman–Crippen MR) is 88.7 cm³/mol. The second-order valence-electron chi connectivity index (χ2n) is 4.53. The minimum Gasteiger partial charge on any atom is -0.304 e. The van der Waals surface area contributed by atoms with Gasteiger partial charge in [0.05, 0.1) is 5.25 Å². The van der Waals surface area contributed by atoms with Crippen LogP contribution in [0.3, 0.4) is 0 Å². The molecule has 0 spiro atoms. The summed E-state index contributed by atoms with van der Waals surface area (Å²) in [5.74, 6) is 0.599. The first-order valence-electron chi connectivity index (χ1n) is 6.42. The molecule has 1 saturated heterocycles. The molecule has 21 heavy (non-hydrogen) atoms. The molecular weight excluding hydrogens is 350 g/mol. The molecule has 2 heterocycles. The first-order valence-corrected chi connectivity index (χ1v) is 8.10. The lowest BCUT2D eigenvalue weighted by Crippen LogP contribution is -2.25. The normalized spacial score (nSPS) is 19.8. The number of hydrogen-bond donors (Lipinski definition) is 1. The van der Waals surface area contributed by atoms with Crippen LogP contribution in [-0.2, 0) is 11.2 Å². The van der Waals surface area contributed by atoms with Crippen molar-refractivity contribution in [2.45, 2.75) is 11.7 Å². The number of rotatable bonds is 3. The van der Waals surface area contributed by atoms with E-state index in [1.807, 2.05) is 42.5 Å². The standard InChI is InChI=1S/C15H12BrN3OS/c16-11-6-4-10(5-7-11)9-12-14(20)19-15(21-12)18-13-3-1-2-8-17-13/h1-8,12H,9H2,(H,17,18,19,20)/t12-/m0/s1. The van der Waals surface area contributed by atoms with Crippen LogP contribution < -0.4 is 5.32 Å². The molecule has 1 aromatic carbocycles. The number of amides is 1. The lowest BCUT2D eigenvalue weighted by molar-refractivity contribution is -0.118. The highest BCUT2D eigenvalue weighted by Gasteiger charge is 2.30. The van der Waals surface area contributed by atoms with Gasteiger partial charge in [-0.25, -0.2) is 9.98 Å². The Kier molecular flexibility index (Phi) is 4.36. The number of amidine groups is 1. The summed E-state index contributed by atoms with van der Waals surface area (Å²) < 4.78 is 1.03. The van der Waals surface area contributed by atoms with Gasteiger partial charge in [0.15, 0.2) is 11.0 Å². The minimum atomic E-state index is -0.145. The summed E-state index contributed by atoms with van der Waals surface area (Å²) in [6.45, 7) is 0. The maximum absolute atomic E-state index is 12.0. The van der Waals surface area contributed by atoms with Crippen LogP contribution in [0.25, 0.3) is 0 Å². The Hall–Kier alpha value is -1.66. The Balaban J connectivity index is 1.70. The van der Waals surface area contributed by atoms with Crippen molar-refractivity contribution in [3.8, 4) is 0 Å². The zero-order valence-electron chi connectivity index (χ0n) is 11.0. The zero-order chi connectivity index (χ0) is 14.7. The van der Waals surface area contributed by atoms with Crippen LogP contribution in [0.2, 0.25) is 0 Å². The van der Waals surface area contributed by atoms with Crippen molar-refractivity contribution in [1.82, 2.24) is 10.3 Å². The van der Waals surface area contributed by atoms with Crippen LogP contribution in [-0.4, -0.2) is 21.3 Å². The van der Waals surface area contributed by atoms with E-state index < -0.39 is 0 Å². The van der Waals surface area contributed by atoms with E-state index >= 15 is 0 Å². The summed E-state index contributed by atoms with van der Waals surface area (Å²) in [6.07, 6.45) is 2.37. The maximum Gasteiger partial charge on any atom is 0.239 e. The largest absolute Gasteiger partial charge is 0.304 e. The van der Waals surface area contributed by atoms with E-state index in [1.165, 1.54) is 11.8 Å². The van der Waals surface area contributed by atoms with Crippen LogP contribution in [0.1, 0.15) is 5.56 Å². The fraction of sp³-hybridized carbons (Fsp3) is 0.133. The van der Waals surface area contributed by atoms with Crippen LogP contribution in [0.15, 0.2) is 58.1 Å². The molecule has 0 radical (unpaired) electrons. The number of nitrogens with zero attached hydrogens (tertiary/aromatic N) is 2. The molecule has 4 nitrogen and oxygen atoms in total. The van der Waals surface area contributed by atoms with E-state index in [0.29, 0.717) is 17.4 Å². The Labute approximate surface area is 135 Å². The average molecular weight is 362 g/mol. The van der Waals surface area contributed by atoms with Gasteiger partial charge in [-0.3, -0.25) is 4.79 Å². The van der Waals surface area contributed by atoms with Crippen molar-refractivity contribution >= 4 is 44.6 Å². The third-order valence-electron chi connectivity index (χ3n) is 2.98. The number of carbonyl (C=O) groups is 1. The van der Waals surface area contributed by atoms with Crippen LogP contribution in [0.5, 0.6) is 0 Å². The fourth-order valence-electron chi connectivity index (χ4n) is 1.95. The molecule has 2 aromatic rings. The number of aliphatic imine (C=N–C) groups is 1. The summed E-state index contributed by atoms with van der Waals surface area (Å²) >= 11 is 4.86. The molecule has 1 aliphatic heterocycles. The zero-order valence-corrected chi connectivity index (χ0v) is 13.4. The third kappa shape index (κ3) is 3.71. The topological polar surface area (TPSA) is 54.4 Å². The van der Waals surface area contributed by atoms with Gasteiger partial charge in [-0.15, -0.1) is 0 Å². The third-order valence-corrected chi connectivity index (χ3v) is 4.59. The number of nitrogens with one attached hydrogen (secondary N) is 1. The van der Waals surface area contributed by atoms with E-state index in [-0.39, 0.29) is 11.2 Å². The van der Waals surface area contributed by atoms with Crippen LogP contribution >= 0.6 is 27.7 Å². The van der Waals surface area contributed by atoms with Gasteiger partial charge < -0.3 is 5.32 Å². The van der Waals surface area contributed by atoms with Crippen molar-refractivity contribution in [2.75, 3.05) is 0 Å². The Morgan fingerprint density at radius 2 is 2.05 bits per heavy atom. The highest BCUT2D eigenvalue weighted by Crippen LogP contribution is 2.25. The number of hydrogen-bond acceptors (Lipinski definition) is 4. The number of halogens is 1. The molecule has 0 aliphatic carbocycles. The van der Waals surface area contributed by atoms with Gasteiger partial charge in [0.2, 0.25) is 5.91 Å². The predicted octanol–water partition coefficient (Wildman–Crippen LogP) is 3.31. The molecule has 0 saturated carbocycles. The second kappa shape index (κ2) is 6.41. The Morgan fingerprint density at radius 1 is 1.24 bits per heavy atom. The summed E-state index contributed by atoms with van der Waals surface area (Å²) in [5.41, 5.74) is 1.13. The number of carbonyl (C=O) groups excluding carboxylic acids is 1. The SMILES string of the molecule is O=C1NC(=Nc2ccccn2)S[C@H]1Cc1ccc(Br)cc1. The first-order chi connectivity index (χ1) is 10.2. The average Bonchev–Trinajstić information content (AvgIpc) is 2.82. The van der Waals surface area contributed by atoms with E-state index in [9.17, 15) is 4.79 Å². The molecule has 1 N–H and O–H groups in total. The molecule has 6 heteroatoms. The van der Waals surface area contributed by atoms with Gasteiger partial charge >= 0.3 is 0 Å². The molecular formula is C15H12BrN3OS. The number of aromatic nitrogens is 1. The van der Waals surface area contributed by atoms with Crippen LogP contribution in [0.4, 0.5) is 5.82 Å². The van der Waals surface area contributed by atoms with Gasteiger partial charge in [-0.1, -0.05) is 45.9 Å². The smallest absolute Gasteiger partial charge is 0.239 e. The van der Waals surface area contributed by atoms with E-state index in [1.54, 1.807) is 6.20 Å². The summed E-state index contributed by atoms with van der Waals surface area (Å²) in [4.78, 5) is 20.5. The van der Waals surface area contributed by atoms with Crippen molar-refractivity contribution in [3.63, 3.8) is 0 Å². The maximum atomic E-state index is 12.0. The summed E-state index contributed by atoms with van der Waals surface area (Å²) in [7, 11) is 0. The van der Waals surface area contributed by atoms with Gasteiger partial charge in [-0.2, -0.15) is 0 Å². The highest BCUT2D eigenvalue weighted by atomic mass is 79.9. The molecule has 1 atom stereocenters. The fourth-order valence-corrected chi connectivity index (χ4v) is 3.23. The molecule has 1 aliphatic rings. The lowest BCUT2D eigenvalue weighted by atomic mass is 10.1. The van der Waals surface area contributed by atoms with E-state index in [0.717, 1.165) is 10.0 Å². The van der Waals surface area contributed by atoms with Gasteiger partial charge in [-0.05, 0) is 36.2 Å². The Morgan fingerprint density at radius 3 is 2.76 bits per heavy atom. The highest BCUT2D eigenvalue weighted by molar-refractivity contribution is 9.10. The lowest BCUT2D eigenvalue weighted by Gasteiger charge is -2.05. The van der Waals surface area contributed by atoms with Gasteiger partial charge in [0.1, 0.15) is 0 Å². The molecule has 1 fully saturated rings. The number of pyridine rings is 1. The number of thioether (sulfide) groups is 1. The molecule has 0 unspecified atom stereocenters. The van der Waals surface area contributed by atoms with Crippen molar-refractivity contribution < 1.29 is 4.79 Å². The van der Waals surface area contributed by atoms with Crippen molar-refractivity contribution in [2.24, 2.45) is 4.99 Å². The van der Waals surface area contributed by atoms with Gasteiger partial charge in [0, 0.05) is 10.7 Å². The molecule has 0 bridgehead atoms. The summed E-state index contributed by atoms with van der Waals surface area (Å²) in [5, 5.41) is 3.28. The monoisotopic (exact) mass is 361 g/mol. The van der Waals surface area contributed by atoms with E-state index in [4.69, 9.17) is 0 Å².